The molecule has 3 rings (SSSR count). The minimum atomic E-state index is -1.21. The largest absolute Gasteiger partial charge is 0.478 e. The number of carbonyl (C=O) groups is 1. The zero-order chi connectivity index (χ0) is 19.2. The number of aromatic carboxylic acids is 1. The van der Waals surface area contributed by atoms with Crippen molar-refractivity contribution in [3.05, 3.63) is 49.0 Å². The van der Waals surface area contributed by atoms with Crippen LogP contribution < -0.4 is 11.2 Å². The fourth-order valence-corrected chi connectivity index (χ4v) is 4.28. The zero-order valence-electron chi connectivity index (χ0n) is 14.4. The zero-order valence-corrected chi connectivity index (χ0v) is 16.0. The Kier molecular flexibility index (Phi) is 4.76. The number of halogens is 1. The lowest BCUT2D eigenvalue weighted by molar-refractivity contribution is 0.0698. The van der Waals surface area contributed by atoms with Crippen LogP contribution in [0.2, 0.25) is 5.28 Å². The molecular formula is C16H17ClN4O4S. The molecule has 0 aromatic carbocycles. The minimum Gasteiger partial charge on any atom is -0.478 e. The van der Waals surface area contributed by atoms with E-state index in [1.54, 1.807) is 10.8 Å². The van der Waals surface area contributed by atoms with Crippen molar-refractivity contribution in [2.75, 3.05) is 0 Å². The smallest absolute Gasteiger partial charge is 0.337 e. The molecule has 3 aromatic rings. The Hall–Kier alpha value is -2.39. The van der Waals surface area contributed by atoms with Crippen LogP contribution in [-0.4, -0.2) is 29.8 Å². The van der Waals surface area contributed by atoms with E-state index < -0.39 is 17.2 Å². The molecule has 0 fully saturated rings. The number of fused-ring (bicyclic) bond motifs is 1. The Labute approximate surface area is 156 Å². The molecule has 0 saturated carbocycles. The number of hydrogen-bond acceptors (Lipinski definition) is 5. The van der Waals surface area contributed by atoms with Crippen molar-refractivity contribution in [1.29, 1.82) is 0 Å². The maximum absolute atomic E-state index is 12.6. The third-order valence-corrected chi connectivity index (χ3v) is 5.50. The number of imidazole rings is 1. The van der Waals surface area contributed by atoms with Crippen LogP contribution in [0.15, 0.2) is 22.0 Å². The van der Waals surface area contributed by atoms with E-state index in [1.807, 2.05) is 13.8 Å². The van der Waals surface area contributed by atoms with Gasteiger partial charge in [0, 0.05) is 30.9 Å². The number of aromatic nitrogens is 4. The van der Waals surface area contributed by atoms with Crippen LogP contribution in [0.3, 0.4) is 0 Å². The van der Waals surface area contributed by atoms with Crippen LogP contribution in [0.4, 0.5) is 0 Å². The third-order valence-electron chi connectivity index (χ3n) is 3.98. The van der Waals surface area contributed by atoms with E-state index in [1.165, 1.54) is 17.8 Å². The molecule has 0 spiro atoms. The molecule has 0 atom stereocenters. The van der Waals surface area contributed by atoms with Gasteiger partial charge < -0.3 is 9.67 Å². The normalized spacial score (nSPS) is 11.6. The van der Waals surface area contributed by atoms with Gasteiger partial charge in [0.2, 0.25) is 5.28 Å². The topological polar surface area (TPSA) is 99.1 Å². The highest BCUT2D eigenvalue weighted by molar-refractivity contribution is 7.19. The Morgan fingerprint density at radius 2 is 2.08 bits per heavy atom. The number of nitrogens with zero attached hydrogens (tertiary/aromatic N) is 4. The van der Waals surface area contributed by atoms with E-state index in [2.05, 4.69) is 4.98 Å². The highest BCUT2D eigenvalue weighted by atomic mass is 35.5. The number of thiophene rings is 1. The van der Waals surface area contributed by atoms with Crippen LogP contribution in [0.5, 0.6) is 0 Å². The Morgan fingerprint density at radius 3 is 2.62 bits per heavy atom. The molecular weight excluding hydrogens is 380 g/mol. The summed E-state index contributed by atoms with van der Waals surface area (Å²) in [7, 11) is 1.36. The average molecular weight is 397 g/mol. The van der Waals surface area contributed by atoms with Gasteiger partial charge in [-0.2, -0.15) is 0 Å². The fraction of sp³-hybridized carbons (Fsp3) is 0.375. The summed E-state index contributed by atoms with van der Waals surface area (Å²) in [6, 6.07) is 0. The molecule has 3 heterocycles. The first-order valence-electron chi connectivity index (χ1n) is 7.87. The van der Waals surface area contributed by atoms with Crippen molar-refractivity contribution in [1.82, 2.24) is 18.7 Å². The van der Waals surface area contributed by atoms with E-state index in [0.29, 0.717) is 16.3 Å². The van der Waals surface area contributed by atoms with Gasteiger partial charge in [0.05, 0.1) is 17.5 Å². The van der Waals surface area contributed by atoms with Gasteiger partial charge in [-0.3, -0.25) is 13.9 Å². The SMILES string of the molecule is CC(C)Cn1c(=O)n(C)c(=O)c2c(C(=O)O)c(Cn3ccnc3Cl)sc21. The lowest BCUT2D eigenvalue weighted by Gasteiger charge is -2.11. The standard InChI is InChI=1S/C16H17ClN4O4S/c1-8(2)6-21-13-11(12(22)19(3)16(21)25)10(14(23)24)9(26-13)7-20-5-4-18-15(20)17/h4-5,8H,6-7H2,1-3H3,(H,23,24). The fourth-order valence-electron chi connectivity index (χ4n) is 2.82. The molecule has 1 N–H and O–H groups in total. The molecule has 0 aliphatic heterocycles. The maximum Gasteiger partial charge on any atom is 0.337 e. The van der Waals surface area contributed by atoms with Gasteiger partial charge in [0.25, 0.3) is 5.56 Å². The van der Waals surface area contributed by atoms with Gasteiger partial charge in [-0.15, -0.1) is 11.3 Å². The summed E-state index contributed by atoms with van der Waals surface area (Å²) in [6.07, 6.45) is 3.13. The monoisotopic (exact) mass is 396 g/mol. The Balaban J connectivity index is 2.37. The van der Waals surface area contributed by atoms with Gasteiger partial charge >= 0.3 is 11.7 Å². The molecule has 3 aromatic heterocycles. The first kappa shape index (κ1) is 18.4. The molecule has 0 aliphatic carbocycles. The van der Waals surface area contributed by atoms with Crippen LogP contribution >= 0.6 is 22.9 Å². The van der Waals surface area contributed by atoms with Crippen molar-refractivity contribution in [3.63, 3.8) is 0 Å². The van der Waals surface area contributed by atoms with Gasteiger partial charge in [-0.25, -0.2) is 14.6 Å². The molecule has 8 nitrogen and oxygen atoms in total. The summed E-state index contributed by atoms with van der Waals surface area (Å²) < 4.78 is 4.00. The summed E-state index contributed by atoms with van der Waals surface area (Å²) in [5.41, 5.74) is -1.16. The number of rotatable bonds is 5. The van der Waals surface area contributed by atoms with E-state index >= 15 is 0 Å². The van der Waals surface area contributed by atoms with Crippen molar-refractivity contribution < 1.29 is 9.90 Å². The summed E-state index contributed by atoms with van der Waals surface area (Å²) in [5.74, 6) is -1.07. The van der Waals surface area contributed by atoms with Crippen LogP contribution in [0, 0.1) is 5.92 Å². The van der Waals surface area contributed by atoms with Crippen molar-refractivity contribution >= 4 is 39.1 Å². The van der Waals surface area contributed by atoms with Gasteiger partial charge in [-0.05, 0) is 17.5 Å². The molecule has 0 saturated heterocycles. The van der Waals surface area contributed by atoms with Crippen molar-refractivity contribution in [2.24, 2.45) is 13.0 Å². The highest BCUT2D eigenvalue weighted by Gasteiger charge is 2.25. The molecule has 26 heavy (non-hydrogen) atoms. The predicted octanol–water partition coefficient (Wildman–Crippen LogP) is 2.01. The van der Waals surface area contributed by atoms with E-state index in [0.717, 1.165) is 15.9 Å². The first-order chi connectivity index (χ1) is 12.2. The second kappa shape index (κ2) is 6.73. The van der Waals surface area contributed by atoms with Crippen LogP contribution in [0.1, 0.15) is 29.1 Å². The second-order valence-corrected chi connectivity index (χ2v) is 7.78. The average Bonchev–Trinajstić information content (AvgIpc) is 3.14. The lowest BCUT2D eigenvalue weighted by atomic mass is 10.1. The van der Waals surface area contributed by atoms with Crippen LogP contribution in [-0.2, 0) is 20.1 Å². The van der Waals surface area contributed by atoms with E-state index in [-0.39, 0.29) is 28.7 Å². The summed E-state index contributed by atoms with van der Waals surface area (Å²) in [4.78, 5) is 41.8. The van der Waals surface area contributed by atoms with Crippen LogP contribution in [0.25, 0.3) is 10.2 Å². The van der Waals surface area contributed by atoms with Crippen molar-refractivity contribution in [3.8, 4) is 0 Å². The molecule has 0 bridgehead atoms. The summed E-state index contributed by atoms with van der Waals surface area (Å²) in [6.45, 7) is 4.43. The third kappa shape index (κ3) is 2.97. The molecule has 0 amide bonds. The van der Waals surface area contributed by atoms with Gasteiger partial charge in [-0.1, -0.05) is 13.8 Å². The Morgan fingerprint density at radius 1 is 1.38 bits per heavy atom. The summed E-state index contributed by atoms with van der Waals surface area (Å²) in [5, 5.41) is 9.99. The number of hydrogen-bond donors (Lipinski definition) is 1. The number of carboxylic acid groups (broad SMARTS) is 1. The Bertz CT molecular complexity index is 1120. The minimum absolute atomic E-state index is 0.0523. The van der Waals surface area contributed by atoms with E-state index in [4.69, 9.17) is 11.6 Å². The molecule has 10 heteroatoms. The highest BCUT2D eigenvalue weighted by Crippen LogP contribution is 2.30. The van der Waals surface area contributed by atoms with Gasteiger partial charge in [0.15, 0.2) is 0 Å². The van der Waals surface area contributed by atoms with Crippen molar-refractivity contribution in [2.45, 2.75) is 26.9 Å². The molecule has 0 unspecified atom stereocenters. The quantitative estimate of drug-likeness (QED) is 0.711. The van der Waals surface area contributed by atoms with E-state index in [9.17, 15) is 19.5 Å². The first-order valence-corrected chi connectivity index (χ1v) is 9.07. The summed E-state index contributed by atoms with van der Waals surface area (Å²) >= 11 is 7.12. The molecule has 0 radical (unpaired) electrons. The molecule has 0 aliphatic rings. The predicted molar refractivity (Wildman–Crippen MR) is 99.5 cm³/mol. The number of carboxylic acids is 1. The maximum atomic E-state index is 12.6. The second-order valence-electron chi connectivity index (χ2n) is 6.36. The lowest BCUT2D eigenvalue weighted by Crippen LogP contribution is -2.38. The molecule has 138 valence electrons. The van der Waals surface area contributed by atoms with Gasteiger partial charge in [0.1, 0.15) is 4.83 Å².